The molecule has 0 radical (unpaired) electrons. The first-order valence-corrected chi connectivity index (χ1v) is 10.6. The summed E-state index contributed by atoms with van der Waals surface area (Å²) in [6.45, 7) is 7.22. The van der Waals surface area contributed by atoms with Gasteiger partial charge >= 0.3 is 127 Å². The van der Waals surface area contributed by atoms with Crippen LogP contribution in [0.25, 0.3) is 0 Å². The number of hydrogen-bond acceptors (Lipinski definition) is 0. The summed E-state index contributed by atoms with van der Waals surface area (Å²) in [5.41, 5.74) is 3.31. The van der Waals surface area contributed by atoms with Gasteiger partial charge < -0.3 is 0 Å². The first-order chi connectivity index (χ1) is 8.54. The third-order valence-electron chi connectivity index (χ3n) is 3.57. The van der Waals surface area contributed by atoms with Crippen molar-refractivity contribution in [2.75, 3.05) is 19.5 Å². The summed E-state index contributed by atoms with van der Waals surface area (Å²) in [7, 11) is 0.100. The Morgan fingerprint density at radius 3 is 2.10 bits per heavy atom. The summed E-state index contributed by atoms with van der Waals surface area (Å²) >= 11 is 1.19. The van der Waals surface area contributed by atoms with Gasteiger partial charge in [0.2, 0.25) is 0 Å². The van der Waals surface area contributed by atoms with E-state index < -0.39 is 0 Å². The molecule has 0 aromatic heterocycles. The zero-order valence-corrected chi connectivity index (χ0v) is 19.6. The van der Waals surface area contributed by atoms with E-state index in [1.807, 2.05) is 0 Å². The van der Waals surface area contributed by atoms with Crippen molar-refractivity contribution in [2.45, 2.75) is 18.8 Å². The Labute approximate surface area is 163 Å². The van der Waals surface area contributed by atoms with E-state index in [4.69, 9.17) is 0 Å². The first kappa shape index (κ1) is 24.1. The molecule has 0 nitrogen and oxygen atoms in total. The molecule has 0 amide bonds. The zero-order valence-electron chi connectivity index (χ0n) is 12.6. The smallest absolute Gasteiger partial charge is 0.147 e. The molecule has 0 bridgehead atoms. The van der Waals surface area contributed by atoms with Gasteiger partial charge in [-0.1, -0.05) is 0 Å². The van der Waals surface area contributed by atoms with E-state index in [0.717, 1.165) is 0 Å². The molecule has 2 rings (SSSR count). The number of allylic oxidation sites excluding steroid dienone is 4. The van der Waals surface area contributed by atoms with Crippen molar-refractivity contribution >= 4 is 45.1 Å². The normalized spacial score (nSPS) is 15.8. The van der Waals surface area contributed by atoms with Gasteiger partial charge in [0.15, 0.2) is 0 Å². The van der Waals surface area contributed by atoms with Crippen LogP contribution in [0.15, 0.2) is 51.4 Å². The van der Waals surface area contributed by atoms with Crippen LogP contribution < -0.4 is 0 Å². The maximum absolute atomic E-state index is 2.44. The minimum atomic E-state index is 0. The number of halogens is 3. The summed E-state index contributed by atoms with van der Waals surface area (Å²) in [4.78, 5) is 0. The van der Waals surface area contributed by atoms with Crippen LogP contribution in [0.3, 0.4) is 0 Å². The molecule has 5 heteroatoms. The predicted molar refractivity (Wildman–Crippen MR) is 100.0 cm³/mol. The van der Waals surface area contributed by atoms with Crippen LogP contribution in [0.2, 0.25) is 0 Å². The Hall–Kier alpha value is 0.870. The van der Waals surface area contributed by atoms with Crippen LogP contribution in [-0.4, -0.2) is 19.5 Å². The van der Waals surface area contributed by atoms with E-state index in [1.54, 1.807) is 8.90 Å². The Morgan fingerprint density at radius 2 is 1.67 bits per heavy atom. The molecule has 0 fully saturated rings. The monoisotopic (exact) mass is 531 g/mol. The predicted octanol–water partition coefficient (Wildman–Crippen LogP) is 5.71. The maximum Gasteiger partial charge on any atom is -0.147 e. The molecule has 1 aromatic rings. The summed E-state index contributed by atoms with van der Waals surface area (Å²) in [5.74, 6) is 0. The van der Waals surface area contributed by atoms with Crippen molar-refractivity contribution in [3.05, 3.63) is 57.0 Å². The van der Waals surface area contributed by atoms with Crippen LogP contribution in [0.5, 0.6) is 0 Å². The minimum absolute atomic E-state index is 0. The molecule has 0 aliphatic heterocycles. The number of hydrogen-bond donors (Lipinski definition) is 0. The Bertz CT molecular complexity index is 486. The van der Waals surface area contributed by atoms with Crippen molar-refractivity contribution in [1.82, 2.24) is 0 Å². The molecule has 0 saturated heterocycles. The second-order valence-electron chi connectivity index (χ2n) is 5.43. The second kappa shape index (κ2) is 10.6. The number of benzene rings is 1. The molecule has 21 heavy (non-hydrogen) atoms. The van der Waals surface area contributed by atoms with E-state index in [1.165, 1.54) is 42.5 Å². The molecule has 1 unspecified atom stereocenters. The van der Waals surface area contributed by atoms with Gasteiger partial charge in [-0.2, -0.15) is 0 Å². The van der Waals surface area contributed by atoms with Gasteiger partial charge in [-0.25, -0.2) is 0 Å². The SMILES string of the molecule is CP(C)CC(C)(C1=[C]([Hf])CC=C1)c1ccccc1.Cl.Cl.Cl. The van der Waals surface area contributed by atoms with E-state index in [-0.39, 0.29) is 50.6 Å². The van der Waals surface area contributed by atoms with E-state index in [0.29, 0.717) is 0 Å². The van der Waals surface area contributed by atoms with Gasteiger partial charge in [0, 0.05) is 0 Å². The van der Waals surface area contributed by atoms with Gasteiger partial charge in [0.25, 0.3) is 0 Å². The molecule has 0 N–H and O–H groups in total. The molecule has 1 atom stereocenters. The van der Waals surface area contributed by atoms with Crippen LogP contribution in [0, 0.1) is 0 Å². The zero-order chi connectivity index (χ0) is 13.2. The molecule has 0 heterocycles. The first-order valence-electron chi connectivity index (χ1n) is 6.36. The summed E-state index contributed by atoms with van der Waals surface area (Å²) in [6.07, 6.45) is 7.20. The fourth-order valence-corrected chi connectivity index (χ4v) is 6.12. The quantitative estimate of drug-likeness (QED) is 0.345. The molecular weight excluding hydrogens is 508 g/mol. The minimum Gasteiger partial charge on any atom is -0.147 e. The molecule has 0 saturated carbocycles. The average Bonchev–Trinajstić information content (AvgIpc) is 2.76. The van der Waals surface area contributed by atoms with Gasteiger partial charge in [-0.3, -0.25) is 0 Å². The van der Waals surface area contributed by atoms with Crippen LogP contribution in [0.1, 0.15) is 18.9 Å². The molecule has 1 aliphatic rings. The van der Waals surface area contributed by atoms with E-state index in [9.17, 15) is 0 Å². The summed E-state index contributed by atoms with van der Waals surface area (Å²) in [6, 6.07) is 11.1. The fourth-order valence-electron chi connectivity index (χ4n) is 2.79. The maximum atomic E-state index is 2.44. The van der Waals surface area contributed by atoms with Gasteiger partial charge in [-0.05, 0) is 0 Å². The summed E-state index contributed by atoms with van der Waals surface area (Å²) in [5, 5.41) is 0. The molecule has 0 spiro atoms. The van der Waals surface area contributed by atoms with Crippen molar-refractivity contribution in [3.63, 3.8) is 0 Å². The van der Waals surface area contributed by atoms with Crippen LogP contribution >= 0.6 is 45.1 Å². The molecular formula is C16H23Cl3HfP. The molecule has 1 aliphatic carbocycles. The van der Waals surface area contributed by atoms with Gasteiger partial charge in [0.05, 0.1) is 0 Å². The van der Waals surface area contributed by atoms with Crippen molar-refractivity contribution < 1.29 is 24.4 Å². The van der Waals surface area contributed by atoms with E-state index in [2.05, 4.69) is 62.7 Å². The Balaban J connectivity index is 0. The summed E-state index contributed by atoms with van der Waals surface area (Å²) < 4.78 is 1.68. The van der Waals surface area contributed by atoms with Crippen LogP contribution in [0.4, 0.5) is 0 Å². The molecule has 117 valence electrons. The topological polar surface area (TPSA) is 0 Å². The number of rotatable bonds is 4. The Kier molecular flexibility index (Phi) is 12.2. The second-order valence-corrected chi connectivity index (χ2v) is 10.1. The van der Waals surface area contributed by atoms with Crippen LogP contribution in [-0.2, 0) is 29.8 Å². The van der Waals surface area contributed by atoms with Crippen molar-refractivity contribution in [3.8, 4) is 0 Å². The standard InChI is InChI=1S/C16H20P.3ClH.Hf/c1-16(13-17(2)3,15-11-7-8-12-15)14-9-5-4-6-10-14;;;;/h4-7,9-11H,8,13H2,1-3H3;3*1H;. The Morgan fingerprint density at radius 1 is 1.10 bits per heavy atom. The third-order valence-corrected chi connectivity index (χ3v) is 6.54. The molecule has 1 aromatic carbocycles. The van der Waals surface area contributed by atoms with Gasteiger partial charge in [-0.15, -0.1) is 37.2 Å². The van der Waals surface area contributed by atoms with Crippen molar-refractivity contribution in [1.29, 1.82) is 0 Å². The average molecular weight is 531 g/mol. The largest absolute Gasteiger partial charge is 0.147 e. The fraction of sp³-hybridized carbons (Fsp3) is 0.375. The third kappa shape index (κ3) is 5.78. The van der Waals surface area contributed by atoms with Crippen molar-refractivity contribution in [2.24, 2.45) is 0 Å². The van der Waals surface area contributed by atoms with Gasteiger partial charge in [0.1, 0.15) is 0 Å². The van der Waals surface area contributed by atoms with E-state index >= 15 is 0 Å².